The predicted molar refractivity (Wildman–Crippen MR) is 73.3 cm³/mol. The lowest BCUT2D eigenvalue weighted by Crippen LogP contribution is -2.23. The summed E-state index contributed by atoms with van der Waals surface area (Å²) in [5.74, 6) is 0. The summed E-state index contributed by atoms with van der Waals surface area (Å²) < 4.78 is 17.7. The van der Waals surface area contributed by atoms with Crippen molar-refractivity contribution in [3.8, 4) is 0 Å². The molecule has 0 bridgehead atoms. The van der Waals surface area contributed by atoms with Crippen LogP contribution in [-0.2, 0) is 20.8 Å². The molecular weight excluding hydrogens is 296 g/mol. The normalized spacial score (nSPS) is 19.9. The van der Waals surface area contributed by atoms with E-state index in [-0.39, 0.29) is 6.29 Å². The average Bonchev–Trinajstić information content (AvgIpc) is 2.42. The van der Waals surface area contributed by atoms with Gasteiger partial charge in [-0.3, -0.25) is 0 Å². The fraction of sp³-hybridized carbons (Fsp3) is 0.571. The molecule has 2 rings (SSSR count). The van der Waals surface area contributed by atoms with Crippen LogP contribution in [0.3, 0.4) is 0 Å². The highest BCUT2D eigenvalue weighted by Crippen LogP contribution is 2.17. The molecule has 0 radical (unpaired) electrons. The van der Waals surface area contributed by atoms with E-state index >= 15 is 0 Å². The van der Waals surface area contributed by atoms with Crippen molar-refractivity contribution in [1.29, 1.82) is 0 Å². The maximum absolute atomic E-state index is 5.59. The molecule has 100 valence electrons. The number of hydrogen-bond donors (Lipinski definition) is 0. The molecule has 4 heteroatoms. The molecule has 3 nitrogen and oxygen atoms in total. The van der Waals surface area contributed by atoms with Gasteiger partial charge in [-0.25, -0.2) is 0 Å². The van der Waals surface area contributed by atoms with Crippen LogP contribution < -0.4 is 0 Å². The lowest BCUT2D eigenvalue weighted by molar-refractivity contribution is -0.169. The van der Waals surface area contributed by atoms with Crippen molar-refractivity contribution >= 4 is 15.9 Å². The lowest BCUT2D eigenvalue weighted by atomic mass is 10.2. The molecule has 0 spiro atoms. The molecule has 0 amide bonds. The summed E-state index contributed by atoms with van der Waals surface area (Å²) in [6, 6.07) is 8.08. The molecule has 1 aromatic carbocycles. The quantitative estimate of drug-likeness (QED) is 0.752. The summed E-state index contributed by atoms with van der Waals surface area (Å²) in [5, 5.41) is 0. The summed E-state index contributed by atoms with van der Waals surface area (Å²) in [6.07, 6.45) is 3.33. The van der Waals surface area contributed by atoms with Gasteiger partial charge in [-0.15, -0.1) is 0 Å². The minimum absolute atomic E-state index is 0.0224. The van der Waals surface area contributed by atoms with Crippen LogP contribution in [0.25, 0.3) is 0 Å². The summed E-state index contributed by atoms with van der Waals surface area (Å²) in [4.78, 5) is 0. The second-order valence-electron chi connectivity index (χ2n) is 4.31. The van der Waals surface area contributed by atoms with Gasteiger partial charge in [-0.2, -0.15) is 0 Å². The second kappa shape index (κ2) is 7.89. The van der Waals surface area contributed by atoms with E-state index in [1.54, 1.807) is 0 Å². The Bertz CT molecular complexity index is 351. The zero-order valence-corrected chi connectivity index (χ0v) is 12.0. The van der Waals surface area contributed by atoms with Crippen LogP contribution in [0, 0.1) is 0 Å². The largest absolute Gasteiger partial charge is 0.374 e. The molecule has 1 aliphatic heterocycles. The van der Waals surface area contributed by atoms with Crippen molar-refractivity contribution in [2.45, 2.75) is 32.2 Å². The van der Waals surface area contributed by atoms with Crippen molar-refractivity contribution in [3.05, 3.63) is 34.3 Å². The van der Waals surface area contributed by atoms with Gasteiger partial charge in [0.1, 0.15) is 0 Å². The first-order chi connectivity index (χ1) is 8.86. The van der Waals surface area contributed by atoms with E-state index in [1.807, 2.05) is 18.2 Å². The number of benzene rings is 1. The van der Waals surface area contributed by atoms with Crippen LogP contribution in [-0.4, -0.2) is 26.1 Å². The SMILES string of the molecule is Brc1ccccc1COCCOC1CCCCO1. The highest BCUT2D eigenvalue weighted by Gasteiger charge is 2.13. The van der Waals surface area contributed by atoms with Gasteiger partial charge in [0.05, 0.1) is 19.8 Å². The van der Waals surface area contributed by atoms with Crippen LogP contribution in [0.1, 0.15) is 24.8 Å². The van der Waals surface area contributed by atoms with Crippen LogP contribution in [0.2, 0.25) is 0 Å². The zero-order valence-electron chi connectivity index (χ0n) is 10.4. The minimum atomic E-state index is -0.0224. The highest BCUT2D eigenvalue weighted by molar-refractivity contribution is 9.10. The van der Waals surface area contributed by atoms with Gasteiger partial charge < -0.3 is 14.2 Å². The van der Waals surface area contributed by atoms with E-state index in [2.05, 4.69) is 22.0 Å². The van der Waals surface area contributed by atoms with E-state index in [1.165, 1.54) is 6.42 Å². The van der Waals surface area contributed by atoms with Gasteiger partial charge in [0.2, 0.25) is 0 Å². The van der Waals surface area contributed by atoms with Gasteiger partial charge in [-0.05, 0) is 30.9 Å². The monoisotopic (exact) mass is 314 g/mol. The fourth-order valence-corrected chi connectivity index (χ4v) is 2.28. The Labute approximate surface area is 117 Å². The third kappa shape index (κ3) is 4.69. The van der Waals surface area contributed by atoms with Crippen LogP contribution in [0.5, 0.6) is 0 Å². The Morgan fingerprint density at radius 1 is 1.22 bits per heavy atom. The van der Waals surface area contributed by atoms with Crippen LogP contribution in [0.4, 0.5) is 0 Å². The van der Waals surface area contributed by atoms with Gasteiger partial charge in [0.25, 0.3) is 0 Å². The van der Waals surface area contributed by atoms with Crippen molar-refractivity contribution in [3.63, 3.8) is 0 Å². The van der Waals surface area contributed by atoms with Crippen molar-refractivity contribution in [2.24, 2.45) is 0 Å². The summed E-state index contributed by atoms with van der Waals surface area (Å²) in [5.41, 5.74) is 1.16. The fourth-order valence-electron chi connectivity index (χ4n) is 1.88. The van der Waals surface area contributed by atoms with Gasteiger partial charge >= 0.3 is 0 Å². The van der Waals surface area contributed by atoms with Crippen LogP contribution >= 0.6 is 15.9 Å². The third-order valence-corrected chi connectivity index (χ3v) is 3.66. The minimum Gasteiger partial charge on any atom is -0.374 e. The molecule has 1 fully saturated rings. The standard InChI is InChI=1S/C14H19BrO3/c15-13-6-2-1-5-12(13)11-16-9-10-18-14-7-3-4-8-17-14/h1-2,5-6,14H,3-4,7-11H2. The molecule has 1 heterocycles. The first-order valence-electron chi connectivity index (χ1n) is 6.40. The molecule has 0 saturated carbocycles. The topological polar surface area (TPSA) is 27.7 Å². The second-order valence-corrected chi connectivity index (χ2v) is 5.17. The summed E-state index contributed by atoms with van der Waals surface area (Å²) in [7, 11) is 0. The maximum Gasteiger partial charge on any atom is 0.157 e. The Balaban J connectivity index is 1.57. The molecule has 1 aromatic rings. The first-order valence-corrected chi connectivity index (χ1v) is 7.20. The highest BCUT2D eigenvalue weighted by atomic mass is 79.9. The molecule has 1 unspecified atom stereocenters. The summed E-state index contributed by atoms with van der Waals surface area (Å²) >= 11 is 3.50. The third-order valence-electron chi connectivity index (χ3n) is 2.88. The number of halogens is 1. The Hall–Kier alpha value is -0.420. The van der Waals surface area contributed by atoms with Crippen LogP contribution in [0.15, 0.2) is 28.7 Å². The number of ether oxygens (including phenoxy) is 3. The lowest BCUT2D eigenvalue weighted by Gasteiger charge is -2.22. The van der Waals surface area contributed by atoms with Crippen molar-refractivity contribution in [2.75, 3.05) is 19.8 Å². The first kappa shape index (κ1) is 14.0. The Morgan fingerprint density at radius 2 is 2.11 bits per heavy atom. The molecule has 18 heavy (non-hydrogen) atoms. The molecule has 0 aliphatic carbocycles. The van der Waals surface area contributed by atoms with E-state index in [9.17, 15) is 0 Å². The average molecular weight is 315 g/mol. The predicted octanol–water partition coefficient (Wildman–Crippen LogP) is 3.51. The van der Waals surface area contributed by atoms with Gasteiger partial charge in [0, 0.05) is 11.1 Å². The van der Waals surface area contributed by atoms with E-state index < -0.39 is 0 Å². The zero-order chi connectivity index (χ0) is 12.6. The summed E-state index contributed by atoms with van der Waals surface area (Å²) in [6.45, 7) is 2.62. The Morgan fingerprint density at radius 3 is 2.89 bits per heavy atom. The van der Waals surface area contributed by atoms with Crippen molar-refractivity contribution < 1.29 is 14.2 Å². The van der Waals surface area contributed by atoms with E-state index in [4.69, 9.17) is 14.2 Å². The number of rotatable bonds is 6. The van der Waals surface area contributed by atoms with E-state index in [0.717, 1.165) is 29.5 Å². The van der Waals surface area contributed by atoms with E-state index in [0.29, 0.717) is 19.8 Å². The maximum atomic E-state index is 5.59. The smallest absolute Gasteiger partial charge is 0.157 e. The molecule has 0 N–H and O–H groups in total. The molecular formula is C14H19BrO3. The number of hydrogen-bond acceptors (Lipinski definition) is 3. The van der Waals surface area contributed by atoms with Crippen molar-refractivity contribution in [1.82, 2.24) is 0 Å². The van der Waals surface area contributed by atoms with Gasteiger partial charge in [-0.1, -0.05) is 34.1 Å². The Kier molecular flexibility index (Phi) is 6.14. The molecule has 0 aromatic heterocycles. The molecule has 1 saturated heterocycles. The molecule has 1 aliphatic rings. The van der Waals surface area contributed by atoms with Gasteiger partial charge in [0.15, 0.2) is 6.29 Å². The molecule has 1 atom stereocenters.